The lowest BCUT2D eigenvalue weighted by Crippen LogP contribution is -2.22. The summed E-state index contributed by atoms with van der Waals surface area (Å²) in [7, 11) is 0. The number of aromatic nitrogens is 4. The zero-order valence-corrected chi connectivity index (χ0v) is 18.8. The average Bonchev–Trinajstić information content (AvgIpc) is 3.61. The molecule has 3 heterocycles. The Balaban J connectivity index is 1.09. The van der Waals surface area contributed by atoms with E-state index in [9.17, 15) is 4.79 Å². The fraction of sp³-hybridized carbons (Fsp3) is 0.0769. The van der Waals surface area contributed by atoms with Gasteiger partial charge >= 0.3 is 0 Å². The van der Waals surface area contributed by atoms with Crippen molar-refractivity contribution in [3.05, 3.63) is 102 Å². The summed E-state index contributed by atoms with van der Waals surface area (Å²) in [6.07, 6.45) is 0. The number of nitrogens with one attached hydrogen (secondary N) is 1. The minimum atomic E-state index is -0.157. The molecule has 1 amide bonds. The Hall–Kier alpha value is -4.30. The first kappa shape index (κ1) is 20.3. The molecule has 0 radical (unpaired) electrons. The minimum Gasteiger partial charge on any atom is -0.457 e. The molecule has 7 nitrogen and oxygen atoms in total. The Bertz CT molecular complexity index is 1580. The Labute approximate surface area is 198 Å². The maximum atomic E-state index is 12.6. The molecule has 0 bridgehead atoms. The molecular weight excluding hydrogens is 446 g/mol. The van der Waals surface area contributed by atoms with Gasteiger partial charge in [0.25, 0.3) is 5.91 Å². The number of hydrogen-bond donors (Lipinski definition) is 1. The van der Waals surface area contributed by atoms with Crippen molar-refractivity contribution in [1.82, 2.24) is 25.3 Å². The van der Waals surface area contributed by atoms with Crippen molar-refractivity contribution < 1.29 is 9.21 Å². The summed E-state index contributed by atoms with van der Waals surface area (Å²) in [5.41, 5.74) is 4.42. The number of thiazole rings is 1. The van der Waals surface area contributed by atoms with E-state index in [2.05, 4.69) is 20.6 Å². The molecule has 0 fully saturated rings. The van der Waals surface area contributed by atoms with Gasteiger partial charge in [-0.2, -0.15) is 0 Å². The number of nitrogens with zero attached hydrogens (tertiary/aromatic N) is 4. The molecule has 1 N–H and O–H groups in total. The number of para-hydroxylation sites is 2. The maximum absolute atomic E-state index is 12.6. The second-order valence-corrected chi connectivity index (χ2v) is 8.90. The summed E-state index contributed by atoms with van der Waals surface area (Å²) in [4.78, 5) is 17.2. The van der Waals surface area contributed by atoms with Gasteiger partial charge < -0.3 is 9.73 Å². The van der Waals surface area contributed by atoms with E-state index in [1.165, 1.54) is 0 Å². The van der Waals surface area contributed by atoms with E-state index in [1.807, 2.05) is 89.6 Å². The van der Waals surface area contributed by atoms with Crippen LogP contribution in [0.4, 0.5) is 0 Å². The molecule has 3 aromatic heterocycles. The number of carbonyl (C=O) groups is 1. The summed E-state index contributed by atoms with van der Waals surface area (Å²) in [5, 5.41) is 12.1. The smallest absolute Gasteiger partial charge is 0.251 e. The van der Waals surface area contributed by atoms with Gasteiger partial charge in [-0.05, 0) is 54.1 Å². The fourth-order valence-electron chi connectivity index (χ4n) is 3.80. The van der Waals surface area contributed by atoms with Gasteiger partial charge in [-0.3, -0.25) is 4.79 Å². The SMILES string of the molecule is O=C(NCc1ccc(-c2nc3ccccc3s2)o1)c1ccc(Cn2nnc3ccccc32)cc1. The largest absolute Gasteiger partial charge is 0.457 e. The van der Waals surface area contributed by atoms with Gasteiger partial charge in [0.05, 0.1) is 28.8 Å². The van der Waals surface area contributed by atoms with Gasteiger partial charge in [0.15, 0.2) is 10.8 Å². The van der Waals surface area contributed by atoms with E-state index in [0.29, 0.717) is 30.2 Å². The highest BCUT2D eigenvalue weighted by atomic mass is 32.1. The predicted octanol–water partition coefficient (Wildman–Crippen LogP) is 5.28. The van der Waals surface area contributed by atoms with Crippen molar-refractivity contribution in [3.8, 4) is 10.8 Å². The fourth-order valence-corrected chi connectivity index (χ4v) is 4.73. The second kappa shape index (κ2) is 8.57. The van der Waals surface area contributed by atoms with Crippen molar-refractivity contribution in [2.45, 2.75) is 13.1 Å². The van der Waals surface area contributed by atoms with Crippen LogP contribution in [0.5, 0.6) is 0 Å². The number of benzene rings is 3. The third-order valence-electron chi connectivity index (χ3n) is 5.56. The monoisotopic (exact) mass is 465 g/mol. The van der Waals surface area contributed by atoms with Crippen molar-refractivity contribution in [1.29, 1.82) is 0 Å². The van der Waals surface area contributed by atoms with Crippen LogP contribution in [0, 0.1) is 0 Å². The normalized spacial score (nSPS) is 11.3. The molecule has 34 heavy (non-hydrogen) atoms. The Morgan fingerprint density at radius 3 is 2.56 bits per heavy atom. The molecule has 0 aliphatic heterocycles. The molecule has 0 saturated heterocycles. The van der Waals surface area contributed by atoms with Gasteiger partial charge in [0.1, 0.15) is 11.3 Å². The van der Waals surface area contributed by atoms with Crippen LogP contribution in [0.2, 0.25) is 0 Å². The molecule has 0 saturated carbocycles. The topological polar surface area (TPSA) is 85.8 Å². The summed E-state index contributed by atoms with van der Waals surface area (Å²) in [6.45, 7) is 0.889. The first-order chi connectivity index (χ1) is 16.7. The highest BCUT2D eigenvalue weighted by molar-refractivity contribution is 7.21. The summed E-state index contributed by atoms with van der Waals surface area (Å²) < 4.78 is 8.88. The quantitative estimate of drug-likeness (QED) is 0.362. The average molecular weight is 466 g/mol. The van der Waals surface area contributed by atoms with Gasteiger partial charge in [0, 0.05) is 5.56 Å². The number of hydrogen-bond acceptors (Lipinski definition) is 6. The van der Waals surface area contributed by atoms with Crippen LogP contribution in [0.15, 0.2) is 89.3 Å². The highest BCUT2D eigenvalue weighted by Crippen LogP contribution is 2.31. The molecule has 0 unspecified atom stereocenters. The highest BCUT2D eigenvalue weighted by Gasteiger charge is 2.12. The van der Waals surface area contributed by atoms with Crippen LogP contribution < -0.4 is 5.32 Å². The van der Waals surface area contributed by atoms with Gasteiger partial charge in [-0.1, -0.05) is 41.6 Å². The van der Waals surface area contributed by atoms with E-state index in [1.54, 1.807) is 11.3 Å². The first-order valence-corrected chi connectivity index (χ1v) is 11.6. The van der Waals surface area contributed by atoms with E-state index >= 15 is 0 Å². The number of fused-ring (bicyclic) bond motifs is 2. The number of carbonyl (C=O) groups excluding carboxylic acids is 1. The maximum Gasteiger partial charge on any atom is 0.251 e. The zero-order chi connectivity index (χ0) is 22.9. The standard InChI is InChI=1S/C26H19N5O2S/c32-25(18-11-9-17(10-12-18)16-31-22-7-3-1-5-20(22)29-30-31)27-15-19-13-14-23(33-19)26-28-21-6-2-4-8-24(21)34-26/h1-14H,15-16H2,(H,27,32). The van der Waals surface area contributed by atoms with Crippen LogP contribution in [0.3, 0.4) is 0 Å². The summed E-state index contributed by atoms with van der Waals surface area (Å²) >= 11 is 1.59. The predicted molar refractivity (Wildman–Crippen MR) is 132 cm³/mol. The lowest BCUT2D eigenvalue weighted by Gasteiger charge is -2.06. The van der Waals surface area contributed by atoms with E-state index in [-0.39, 0.29) is 5.91 Å². The third kappa shape index (κ3) is 3.95. The number of furan rings is 1. The molecule has 166 valence electrons. The van der Waals surface area contributed by atoms with Crippen LogP contribution in [-0.2, 0) is 13.1 Å². The number of amides is 1. The number of rotatable bonds is 6. The summed E-state index contributed by atoms with van der Waals surface area (Å²) in [6, 6.07) is 27.1. The third-order valence-corrected chi connectivity index (χ3v) is 6.61. The lowest BCUT2D eigenvalue weighted by atomic mass is 10.1. The van der Waals surface area contributed by atoms with Crippen LogP contribution in [0.25, 0.3) is 32.0 Å². The molecule has 6 aromatic rings. The van der Waals surface area contributed by atoms with Crippen molar-refractivity contribution >= 4 is 38.5 Å². The second-order valence-electron chi connectivity index (χ2n) is 7.87. The molecular formula is C26H19N5O2S. The Morgan fingerprint density at radius 1 is 0.912 bits per heavy atom. The van der Waals surface area contributed by atoms with Gasteiger partial charge in [0.2, 0.25) is 0 Å². The van der Waals surface area contributed by atoms with Gasteiger partial charge in [-0.25, -0.2) is 9.67 Å². The zero-order valence-electron chi connectivity index (χ0n) is 18.0. The van der Waals surface area contributed by atoms with Crippen molar-refractivity contribution in [3.63, 3.8) is 0 Å². The van der Waals surface area contributed by atoms with E-state index in [4.69, 9.17) is 4.42 Å². The molecule has 3 aromatic carbocycles. The first-order valence-electron chi connectivity index (χ1n) is 10.8. The lowest BCUT2D eigenvalue weighted by molar-refractivity contribution is 0.0948. The summed E-state index contributed by atoms with van der Waals surface area (Å²) in [5.74, 6) is 1.23. The Morgan fingerprint density at radius 2 is 1.71 bits per heavy atom. The van der Waals surface area contributed by atoms with Crippen molar-refractivity contribution in [2.75, 3.05) is 0 Å². The molecule has 0 spiro atoms. The van der Waals surface area contributed by atoms with Crippen LogP contribution >= 0.6 is 11.3 Å². The molecule has 8 heteroatoms. The van der Waals surface area contributed by atoms with Crippen molar-refractivity contribution in [2.24, 2.45) is 0 Å². The van der Waals surface area contributed by atoms with E-state index in [0.717, 1.165) is 31.8 Å². The van der Waals surface area contributed by atoms with Crippen LogP contribution in [-0.4, -0.2) is 25.9 Å². The van der Waals surface area contributed by atoms with E-state index < -0.39 is 0 Å². The molecule has 6 rings (SSSR count). The molecule has 0 aliphatic carbocycles. The van der Waals surface area contributed by atoms with Gasteiger partial charge in [-0.15, -0.1) is 16.4 Å². The Kier molecular flexibility index (Phi) is 5.12. The minimum absolute atomic E-state index is 0.157. The molecule has 0 atom stereocenters. The molecule has 0 aliphatic rings. The van der Waals surface area contributed by atoms with Crippen LogP contribution in [0.1, 0.15) is 21.7 Å².